The number of nitrogens with one attached hydrogen (secondary N) is 1. The number of sulfonamides is 1. The number of anilines is 1. The van der Waals surface area contributed by atoms with Crippen LogP contribution in [0.4, 0.5) is 10.1 Å². The molecule has 0 fully saturated rings. The third-order valence-electron chi connectivity index (χ3n) is 6.13. The monoisotopic (exact) mass is 569 g/mol. The van der Waals surface area contributed by atoms with Gasteiger partial charge in [0.25, 0.3) is 10.0 Å². The second-order valence-corrected chi connectivity index (χ2v) is 11.3. The van der Waals surface area contributed by atoms with Gasteiger partial charge in [0.15, 0.2) is 0 Å². The van der Waals surface area contributed by atoms with E-state index in [1.165, 1.54) is 41.3 Å². The topological polar surface area (TPSA) is 96.0 Å². The molecule has 3 aromatic carbocycles. The largest absolute Gasteiger partial charge is 0.494 e. The summed E-state index contributed by atoms with van der Waals surface area (Å²) in [6.07, 6.45) is 0.292. The first-order valence-electron chi connectivity index (χ1n) is 13.2. The molecule has 8 nitrogen and oxygen atoms in total. The zero-order chi connectivity index (χ0) is 29.3. The third kappa shape index (κ3) is 7.81. The highest BCUT2D eigenvalue weighted by Gasteiger charge is 2.33. The lowest BCUT2D eigenvalue weighted by atomic mass is 10.1. The fraction of sp³-hybridized carbons (Fsp3) is 0.333. The van der Waals surface area contributed by atoms with Crippen molar-refractivity contribution in [2.75, 3.05) is 17.5 Å². The molecular formula is C30H36FN3O5S. The normalized spacial score (nSPS) is 12.1. The van der Waals surface area contributed by atoms with Crippen molar-refractivity contribution in [3.63, 3.8) is 0 Å². The van der Waals surface area contributed by atoms with Crippen molar-refractivity contribution in [2.24, 2.45) is 0 Å². The third-order valence-corrected chi connectivity index (χ3v) is 7.92. The van der Waals surface area contributed by atoms with Crippen molar-refractivity contribution in [3.8, 4) is 5.75 Å². The molecule has 1 N–H and O–H groups in total. The highest BCUT2D eigenvalue weighted by atomic mass is 32.2. The molecule has 0 aliphatic heterocycles. The molecule has 0 radical (unpaired) electrons. The van der Waals surface area contributed by atoms with Crippen LogP contribution in [0.5, 0.6) is 5.75 Å². The lowest BCUT2D eigenvalue weighted by Gasteiger charge is -2.33. The Kier molecular flexibility index (Phi) is 10.7. The van der Waals surface area contributed by atoms with E-state index in [0.717, 1.165) is 4.31 Å². The van der Waals surface area contributed by atoms with Gasteiger partial charge in [0.1, 0.15) is 24.2 Å². The second kappa shape index (κ2) is 13.9. The van der Waals surface area contributed by atoms with Crippen LogP contribution in [0.1, 0.15) is 39.7 Å². The van der Waals surface area contributed by atoms with Gasteiger partial charge in [0.05, 0.1) is 17.2 Å². The van der Waals surface area contributed by atoms with Crippen molar-refractivity contribution >= 4 is 27.5 Å². The molecule has 0 saturated heterocycles. The standard InChI is InChI=1S/C30H36FN3O5S/c1-5-28(30(36)32-22(3)4)33(20-23-12-14-24(31)15-13-23)29(35)21-34(25-16-18-26(19-17-25)39-6-2)40(37,38)27-10-8-7-9-11-27/h7-19,22,28H,5-6,20-21H2,1-4H3,(H,32,36)/t28-/m1/s1. The average molecular weight is 570 g/mol. The van der Waals surface area contributed by atoms with Gasteiger partial charge in [-0.3, -0.25) is 13.9 Å². The predicted octanol–water partition coefficient (Wildman–Crippen LogP) is 4.75. The molecule has 0 aromatic heterocycles. The van der Waals surface area contributed by atoms with Crippen LogP contribution < -0.4 is 14.4 Å². The molecule has 3 rings (SSSR count). The number of hydrogen-bond donors (Lipinski definition) is 1. The Hall–Kier alpha value is -3.92. The summed E-state index contributed by atoms with van der Waals surface area (Å²) < 4.78 is 47.7. The number of rotatable bonds is 13. The molecule has 0 bridgehead atoms. The molecule has 0 saturated carbocycles. The Labute approximate surface area is 235 Å². The summed E-state index contributed by atoms with van der Waals surface area (Å²) in [5.74, 6) is -0.805. The van der Waals surface area contributed by atoms with Gasteiger partial charge in [-0.05, 0) is 81.3 Å². The lowest BCUT2D eigenvalue weighted by molar-refractivity contribution is -0.140. The number of ether oxygens (including phenoxy) is 1. The van der Waals surface area contributed by atoms with Gasteiger partial charge in [0, 0.05) is 12.6 Å². The van der Waals surface area contributed by atoms with E-state index >= 15 is 0 Å². The van der Waals surface area contributed by atoms with Crippen LogP contribution in [0, 0.1) is 5.82 Å². The zero-order valence-corrected chi connectivity index (χ0v) is 24.0. The summed E-state index contributed by atoms with van der Waals surface area (Å²) >= 11 is 0. The molecule has 0 unspecified atom stereocenters. The molecular weight excluding hydrogens is 533 g/mol. The summed E-state index contributed by atoms with van der Waals surface area (Å²) in [6, 6.07) is 18.8. The molecule has 0 heterocycles. The van der Waals surface area contributed by atoms with E-state index in [1.54, 1.807) is 49.4 Å². The zero-order valence-electron chi connectivity index (χ0n) is 23.2. The van der Waals surface area contributed by atoms with E-state index in [1.807, 2.05) is 20.8 Å². The number of amides is 2. The van der Waals surface area contributed by atoms with Crippen molar-refractivity contribution in [3.05, 3.63) is 90.2 Å². The van der Waals surface area contributed by atoms with Crippen LogP contribution in [0.25, 0.3) is 0 Å². The van der Waals surface area contributed by atoms with Gasteiger partial charge >= 0.3 is 0 Å². The number of carbonyl (C=O) groups is 2. The number of hydrogen-bond acceptors (Lipinski definition) is 5. The summed E-state index contributed by atoms with van der Waals surface area (Å²) in [7, 11) is -4.16. The van der Waals surface area contributed by atoms with E-state index in [9.17, 15) is 22.4 Å². The SMILES string of the molecule is CCOc1ccc(N(CC(=O)N(Cc2ccc(F)cc2)[C@H](CC)C(=O)NC(C)C)S(=O)(=O)c2ccccc2)cc1. The molecule has 10 heteroatoms. The van der Waals surface area contributed by atoms with Crippen LogP contribution in [-0.4, -0.2) is 50.4 Å². The number of nitrogens with zero attached hydrogens (tertiary/aromatic N) is 2. The second-order valence-electron chi connectivity index (χ2n) is 9.49. The van der Waals surface area contributed by atoms with E-state index in [2.05, 4.69) is 5.32 Å². The van der Waals surface area contributed by atoms with Gasteiger partial charge in [-0.2, -0.15) is 0 Å². The molecule has 214 valence electrons. The van der Waals surface area contributed by atoms with Crippen molar-refractivity contribution in [1.29, 1.82) is 0 Å². The first-order chi connectivity index (χ1) is 19.1. The minimum absolute atomic E-state index is 0.00830. The maximum atomic E-state index is 14.0. The van der Waals surface area contributed by atoms with Gasteiger partial charge in [-0.25, -0.2) is 12.8 Å². The Morgan fingerprint density at radius 1 is 0.925 bits per heavy atom. The fourth-order valence-corrected chi connectivity index (χ4v) is 5.65. The Bertz CT molecular complexity index is 1360. The van der Waals surface area contributed by atoms with Crippen molar-refractivity contribution in [2.45, 2.75) is 57.6 Å². The van der Waals surface area contributed by atoms with Gasteiger partial charge in [-0.1, -0.05) is 37.3 Å². The van der Waals surface area contributed by atoms with Crippen molar-refractivity contribution < 1.29 is 27.1 Å². The lowest BCUT2D eigenvalue weighted by Crippen LogP contribution is -2.53. The molecule has 1 atom stereocenters. The predicted molar refractivity (Wildman–Crippen MR) is 153 cm³/mol. The average Bonchev–Trinajstić information content (AvgIpc) is 2.93. The highest BCUT2D eigenvalue weighted by Crippen LogP contribution is 2.27. The quantitative estimate of drug-likeness (QED) is 0.321. The summed E-state index contributed by atoms with van der Waals surface area (Å²) in [5.41, 5.74) is 0.867. The summed E-state index contributed by atoms with van der Waals surface area (Å²) in [4.78, 5) is 28.5. The van der Waals surface area contributed by atoms with Crippen LogP contribution in [-0.2, 0) is 26.2 Å². The van der Waals surface area contributed by atoms with Crippen LogP contribution in [0.2, 0.25) is 0 Å². The van der Waals surface area contributed by atoms with Crippen molar-refractivity contribution in [1.82, 2.24) is 10.2 Å². The maximum absolute atomic E-state index is 14.0. The molecule has 40 heavy (non-hydrogen) atoms. The van der Waals surface area contributed by atoms with E-state index in [0.29, 0.717) is 24.3 Å². The van der Waals surface area contributed by atoms with Gasteiger partial charge in [-0.15, -0.1) is 0 Å². The number of carbonyl (C=O) groups excluding carboxylic acids is 2. The number of halogens is 1. The Balaban J connectivity index is 2.04. The Morgan fingerprint density at radius 3 is 2.10 bits per heavy atom. The smallest absolute Gasteiger partial charge is 0.264 e. The van der Waals surface area contributed by atoms with Crippen LogP contribution in [0.3, 0.4) is 0 Å². The van der Waals surface area contributed by atoms with E-state index in [4.69, 9.17) is 4.74 Å². The molecule has 2 amide bonds. The van der Waals surface area contributed by atoms with Gasteiger partial charge < -0.3 is 15.0 Å². The van der Waals surface area contributed by atoms with Crippen LogP contribution in [0.15, 0.2) is 83.8 Å². The highest BCUT2D eigenvalue weighted by molar-refractivity contribution is 7.92. The van der Waals surface area contributed by atoms with E-state index in [-0.39, 0.29) is 29.1 Å². The van der Waals surface area contributed by atoms with Gasteiger partial charge in [0.2, 0.25) is 11.8 Å². The van der Waals surface area contributed by atoms with Crippen LogP contribution >= 0.6 is 0 Å². The minimum atomic E-state index is -4.16. The molecule has 0 aliphatic rings. The maximum Gasteiger partial charge on any atom is 0.264 e. The molecule has 0 aliphatic carbocycles. The fourth-order valence-electron chi connectivity index (χ4n) is 4.21. The Morgan fingerprint density at radius 2 is 1.55 bits per heavy atom. The van der Waals surface area contributed by atoms with E-state index < -0.39 is 34.3 Å². The molecule has 0 spiro atoms. The first kappa shape index (κ1) is 30.6. The summed E-state index contributed by atoms with van der Waals surface area (Å²) in [6.45, 7) is 7.13. The molecule has 3 aromatic rings. The number of benzene rings is 3. The first-order valence-corrected chi connectivity index (χ1v) is 14.7. The minimum Gasteiger partial charge on any atom is -0.494 e. The summed E-state index contributed by atoms with van der Waals surface area (Å²) in [5, 5.41) is 2.84.